The summed E-state index contributed by atoms with van der Waals surface area (Å²) in [6.07, 6.45) is 3.57. The number of para-hydroxylation sites is 1. The lowest BCUT2D eigenvalue weighted by atomic mass is 9.93. The van der Waals surface area contributed by atoms with Crippen molar-refractivity contribution in [2.75, 3.05) is 28.6 Å². The highest BCUT2D eigenvalue weighted by Crippen LogP contribution is 2.41. The molecule has 0 aliphatic carbocycles. The van der Waals surface area contributed by atoms with E-state index in [1.54, 1.807) is 0 Å². The van der Waals surface area contributed by atoms with E-state index in [-0.39, 0.29) is 6.03 Å². The van der Waals surface area contributed by atoms with Gasteiger partial charge >= 0.3 is 6.03 Å². The topological polar surface area (TPSA) is 57.3 Å². The highest BCUT2D eigenvalue weighted by molar-refractivity contribution is 7.20. The van der Waals surface area contributed by atoms with Crippen LogP contribution in [-0.4, -0.2) is 24.1 Å². The molecule has 0 radical (unpaired) electrons. The van der Waals surface area contributed by atoms with Crippen LogP contribution < -0.4 is 15.5 Å². The van der Waals surface area contributed by atoms with E-state index in [0.717, 1.165) is 53.4 Å². The van der Waals surface area contributed by atoms with Crippen LogP contribution in [-0.2, 0) is 0 Å². The second-order valence-electron chi connectivity index (χ2n) is 9.40. The van der Waals surface area contributed by atoms with Crippen molar-refractivity contribution in [2.24, 2.45) is 0 Å². The summed E-state index contributed by atoms with van der Waals surface area (Å²) < 4.78 is 0. The predicted octanol–water partition coefficient (Wildman–Crippen LogP) is 8.34. The fraction of sp³-hybridized carbons (Fsp3) is 0.407. The van der Waals surface area contributed by atoms with Crippen LogP contribution in [0.2, 0.25) is 5.02 Å². The summed E-state index contributed by atoms with van der Waals surface area (Å²) in [4.78, 5) is 20.5. The number of urea groups is 1. The van der Waals surface area contributed by atoms with Gasteiger partial charge in [0.05, 0.1) is 5.02 Å². The Bertz CT molecular complexity index is 1130. The van der Waals surface area contributed by atoms with Crippen LogP contribution in [0.5, 0.6) is 0 Å². The van der Waals surface area contributed by atoms with Crippen molar-refractivity contribution in [2.45, 2.75) is 58.8 Å². The molecule has 0 unspecified atom stereocenters. The molecule has 1 fully saturated rings. The first kappa shape index (κ1) is 24.6. The molecule has 4 rings (SSSR count). The minimum absolute atomic E-state index is 0.267. The van der Waals surface area contributed by atoms with Gasteiger partial charge in [0, 0.05) is 24.3 Å². The first-order valence-electron chi connectivity index (χ1n) is 12.1. The van der Waals surface area contributed by atoms with Crippen molar-refractivity contribution in [1.82, 2.24) is 4.98 Å². The van der Waals surface area contributed by atoms with Gasteiger partial charge in [-0.3, -0.25) is 5.32 Å². The van der Waals surface area contributed by atoms with Gasteiger partial charge in [-0.05, 0) is 48.3 Å². The van der Waals surface area contributed by atoms with Gasteiger partial charge in [-0.15, -0.1) is 0 Å². The minimum atomic E-state index is -0.267. The van der Waals surface area contributed by atoms with Crippen molar-refractivity contribution in [1.29, 1.82) is 0 Å². The number of amides is 2. The number of hydrogen-bond acceptors (Lipinski definition) is 4. The number of rotatable bonds is 6. The summed E-state index contributed by atoms with van der Waals surface area (Å²) >= 11 is 8.04. The second-order valence-corrected chi connectivity index (χ2v) is 10.8. The Morgan fingerprint density at radius 3 is 2.21 bits per heavy atom. The van der Waals surface area contributed by atoms with E-state index < -0.39 is 0 Å². The molecule has 7 heteroatoms. The molecular formula is C27H33ClN4OS. The molecule has 2 N–H and O–H groups in total. The molecule has 3 aromatic rings. The van der Waals surface area contributed by atoms with Gasteiger partial charge in [-0.2, -0.15) is 0 Å². The van der Waals surface area contributed by atoms with Gasteiger partial charge in [0.25, 0.3) is 0 Å². The number of nitrogens with zero attached hydrogens (tertiary/aromatic N) is 2. The van der Waals surface area contributed by atoms with E-state index >= 15 is 0 Å². The zero-order valence-electron chi connectivity index (χ0n) is 20.3. The summed E-state index contributed by atoms with van der Waals surface area (Å²) in [7, 11) is 0. The lowest BCUT2D eigenvalue weighted by Gasteiger charge is -2.25. The molecule has 34 heavy (non-hydrogen) atoms. The lowest BCUT2D eigenvalue weighted by Crippen LogP contribution is -2.29. The third kappa shape index (κ3) is 5.39. The van der Waals surface area contributed by atoms with Crippen LogP contribution in [0, 0.1) is 0 Å². The Labute approximate surface area is 211 Å². The van der Waals surface area contributed by atoms with Gasteiger partial charge < -0.3 is 10.2 Å². The summed E-state index contributed by atoms with van der Waals surface area (Å²) in [5.74, 6) is 0.587. The number of aromatic nitrogens is 1. The number of carbonyl (C=O) groups is 1. The van der Waals surface area contributed by atoms with Crippen LogP contribution in [0.15, 0.2) is 42.5 Å². The Morgan fingerprint density at radius 2 is 1.59 bits per heavy atom. The van der Waals surface area contributed by atoms with Crippen molar-refractivity contribution in [3.63, 3.8) is 0 Å². The van der Waals surface area contributed by atoms with Crippen LogP contribution >= 0.6 is 22.9 Å². The van der Waals surface area contributed by atoms with Crippen LogP contribution in [0.4, 0.5) is 20.6 Å². The standard InChI is InChI=1S/C27H33ClN4OS/c1-17(2)19-12-10-13-20(18(3)4)23(19)29-26(33)31-25-24(21-11-6-7-14-22(21)28)30-27(34-25)32-15-8-5-9-16-32/h6-7,10-14,17-18H,5,8-9,15-16H2,1-4H3,(H2,29,31,33). The quantitative estimate of drug-likeness (QED) is 0.360. The van der Waals surface area contributed by atoms with Crippen molar-refractivity contribution in [3.8, 4) is 11.3 Å². The first-order valence-corrected chi connectivity index (χ1v) is 13.3. The number of carbonyl (C=O) groups excluding carboxylic acids is 1. The number of thiazole rings is 1. The predicted molar refractivity (Wildman–Crippen MR) is 146 cm³/mol. The Balaban J connectivity index is 1.67. The Morgan fingerprint density at radius 1 is 0.941 bits per heavy atom. The molecule has 1 saturated heterocycles. The third-order valence-corrected chi connectivity index (χ3v) is 7.57. The van der Waals surface area contributed by atoms with Gasteiger partial charge in [-0.25, -0.2) is 9.78 Å². The molecule has 180 valence electrons. The molecule has 1 aliphatic rings. The fourth-order valence-electron chi connectivity index (χ4n) is 4.39. The van der Waals surface area contributed by atoms with Crippen LogP contribution in [0.25, 0.3) is 11.3 Å². The molecule has 2 aromatic carbocycles. The number of halogens is 1. The maximum Gasteiger partial charge on any atom is 0.324 e. The molecule has 5 nitrogen and oxygen atoms in total. The molecule has 2 amide bonds. The van der Waals surface area contributed by atoms with Crippen molar-refractivity contribution in [3.05, 3.63) is 58.6 Å². The second kappa shape index (κ2) is 10.8. The summed E-state index contributed by atoms with van der Waals surface area (Å²) in [6, 6.07) is 13.6. The van der Waals surface area contributed by atoms with Crippen molar-refractivity contribution >= 4 is 44.8 Å². The largest absolute Gasteiger partial charge is 0.348 e. The summed E-state index contributed by atoms with van der Waals surface area (Å²) in [5.41, 5.74) is 4.69. The molecule has 2 heterocycles. The minimum Gasteiger partial charge on any atom is -0.348 e. The van der Waals surface area contributed by atoms with Gasteiger partial charge in [0.15, 0.2) is 5.13 Å². The maximum absolute atomic E-state index is 13.3. The van der Waals surface area contributed by atoms with Gasteiger partial charge in [-0.1, -0.05) is 87.0 Å². The molecule has 0 spiro atoms. The van der Waals surface area contributed by atoms with E-state index in [1.807, 2.05) is 24.3 Å². The zero-order chi connectivity index (χ0) is 24.2. The average molecular weight is 497 g/mol. The molecule has 1 aromatic heterocycles. The summed E-state index contributed by atoms with van der Waals surface area (Å²) in [6.45, 7) is 10.6. The van der Waals surface area contributed by atoms with E-state index in [2.05, 4.69) is 61.4 Å². The lowest BCUT2D eigenvalue weighted by molar-refractivity contribution is 0.262. The number of benzene rings is 2. The molecule has 0 bridgehead atoms. The van der Waals surface area contributed by atoms with Crippen LogP contribution in [0.1, 0.15) is 69.9 Å². The molecule has 0 atom stereocenters. The van der Waals surface area contributed by atoms with E-state index in [4.69, 9.17) is 16.6 Å². The third-order valence-electron chi connectivity index (χ3n) is 6.21. The Kier molecular flexibility index (Phi) is 7.79. The average Bonchev–Trinajstić information content (AvgIpc) is 3.23. The number of hydrogen-bond donors (Lipinski definition) is 2. The van der Waals surface area contributed by atoms with E-state index in [0.29, 0.717) is 27.6 Å². The molecule has 1 aliphatic heterocycles. The van der Waals surface area contributed by atoms with Gasteiger partial charge in [0.2, 0.25) is 0 Å². The smallest absolute Gasteiger partial charge is 0.324 e. The van der Waals surface area contributed by atoms with E-state index in [1.165, 1.54) is 17.8 Å². The fourth-order valence-corrected chi connectivity index (χ4v) is 5.65. The monoisotopic (exact) mass is 496 g/mol. The molecular weight excluding hydrogens is 464 g/mol. The highest BCUT2D eigenvalue weighted by Gasteiger charge is 2.23. The number of piperidine rings is 1. The van der Waals surface area contributed by atoms with Crippen LogP contribution in [0.3, 0.4) is 0 Å². The number of anilines is 3. The zero-order valence-corrected chi connectivity index (χ0v) is 21.9. The first-order chi connectivity index (χ1) is 16.3. The SMILES string of the molecule is CC(C)c1cccc(C(C)C)c1NC(=O)Nc1sc(N2CCCCC2)nc1-c1ccccc1Cl. The van der Waals surface area contributed by atoms with Gasteiger partial charge in [0.1, 0.15) is 10.7 Å². The maximum atomic E-state index is 13.3. The summed E-state index contributed by atoms with van der Waals surface area (Å²) in [5, 5.41) is 8.50. The Hall–Kier alpha value is -2.57. The highest BCUT2D eigenvalue weighted by atomic mass is 35.5. The molecule has 0 saturated carbocycles. The van der Waals surface area contributed by atoms with Crippen molar-refractivity contribution < 1.29 is 4.79 Å². The normalized spacial score (nSPS) is 14.0. The number of nitrogens with one attached hydrogen (secondary N) is 2. The van der Waals surface area contributed by atoms with E-state index in [9.17, 15) is 4.79 Å².